The first-order chi connectivity index (χ1) is 28.9. The fourth-order valence-electron chi connectivity index (χ4n) is 7.78. The molecule has 0 bridgehead atoms. The van der Waals surface area contributed by atoms with Gasteiger partial charge in [-0.05, 0) is 90.0 Å². The van der Waals surface area contributed by atoms with Gasteiger partial charge < -0.3 is 30.2 Å². The Kier molecular flexibility index (Phi) is 15.5. The predicted molar refractivity (Wildman–Crippen MR) is 240 cm³/mol. The van der Waals surface area contributed by atoms with Crippen molar-refractivity contribution in [1.82, 2.24) is 20.2 Å². The number of carbonyl (C=O) groups is 3. The fourth-order valence-corrected chi connectivity index (χ4v) is 7.78. The van der Waals surface area contributed by atoms with Crippen LogP contribution in [0, 0.1) is 40.0 Å². The molecule has 0 spiro atoms. The van der Waals surface area contributed by atoms with Crippen molar-refractivity contribution in [3.8, 4) is 17.4 Å². The number of ether oxygens (including phenoxy) is 3. The standard InChI is InChI=1S/C28H35N5O4.C21H29NO2/c1-27(2,29)25(35)30-22(18-37-17-21-12-8-5-9-13-21)24(34)33-15-14-23-28(19-33,26(36)32(3)31-23)16-20-10-6-4-7-11-20;1-8-18(9-2)23-19-12-16(6)22-21(17(19)7)24-20-14(4)10-13(3)11-15(20)5/h4-13,22H,14-19,29H2,1-3H3,(H,30,35);10-12,18H,8-9H2,1-7H3/t22-,28-;/m1./s1. The molecule has 0 unspecified atom stereocenters. The number of aromatic nitrogens is 1. The van der Waals surface area contributed by atoms with Crippen LogP contribution < -0.4 is 20.5 Å². The van der Waals surface area contributed by atoms with Gasteiger partial charge in [-0.2, -0.15) is 5.10 Å². The molecule has 1 aromatic heterocycles. The molecule has 3 N–H and O–H groups in total. The normalized spacial score (nSPS) is 16.7. The van der Waals surface area contributed by atoms with Gasteiger partial charge in [0.15, 0.2) is 0 Å². The van der Waals surface area contributed by atoms with Gasteiger partial charge in [0.25, 0.3) is 5.91 Å². The summed E-state index contributed by atoms with van der Waals surface area (Å²) >= 11 is 0. The van der Waals surface area contributed by atoms with E-state index in [1.165, 1.54) is 10.6 Å². The minimum Gasteiger partial charge on any atom is -0.490 e. The SMILES string of the molecule is CCC(CC)Oc1cc(C)nc(Oc2c(C)cc(C)cc2C)c1C.CN1N=C2CCN(C(=O)[C@@H](COCc3ccccc3)NC(=O)C(C)(C)N)C[C@@]2(Cc2ccccc2)C1=O. The summed E-state index contributed by atoms with van der Waals surface area (Å²) in [4.78, 5) is 46.2. The topological polar surface area (TPSA) is 149 Å². The molecule has 6 rings (SSSR count). The number of carbonyl (C=O) groups excluding carboxylic acids is 3. The van der Waals surface area contributed by atoms with Gasteiger partial charge in [0.2, 0.25) is 17.7 Å². The highest BCUT2D eigenvalue weighted by Gasteiger charge is 2.54. The zero-order valence-electron chi connectivity index (χ0n) is 37.6. The third-order valence-corrected chi connectivity index (χ3v) is 11.2. The second kappa shape index (κ2) is 20.3. The molecule has 0 aliphatic carbocycles. The summed E-state index contributed by atoms with van der Waals surface area (Å²) in [5.74, 6) is 1.49. The number of aryl methyl sites for hydroxylation is 4. The number of amides is 3. The number of likely N-dealkylation sites (tertiary alicyclic amines) is 1. The van der Waals surface area contributed by atoms with E-state index in [4.69, 9.17) is 19.9 Å². The van der Waals surface area contributed by atoms with Crippen LogP contribution in [0.15, 0.2) is 84.0 Å². The van der Waals surface area contributed by atoms with Crippen molar-refractivity contribution in [3.05, 3.63) is 118 Å². The van der Waals surface area contributed by atoms with Gasteiger partial charge in [0.05, 0.1) is 36.1 Å². The van der Waals surface area contributed by atoms with Crippen LogP contribution in [0.2, 0.25) is 0 Å². The van der Waals surface area contributed by atoms with Crippen LogP contribution in [0.1, 0.15) is 86.0 Å². The van der Waals surface area contributed by atoms with Gasteiger partial charge in [-0.15, -0.1) is 0 Å². The van der Waals surface area contributed by atoms with E-state index in [0.29, 0.717) is 31.9 Å². The summed E-state index contributed by atoms with van der Waals surface area (Å²) in [7, 11) is 1.65. The number of rotatable bonds is 15. The lowest BCUT2D eigenvalue weighted by molar-refractivity contribution is -0.143. The number of benzene rings is 3. The quantitative estimate of drug-likeness (QED) is 0.124. The molecule has 1 fully saturated rings. The van der Waals surface area contributed by atoms with Gasteiger partial charge in [-0.1, -0.05) is 92.2 Å². The van der Waals surface area contributed by atoms with E-state index >= 15 is 0 Å². The first-order valence-electron chi connectivity index (χ1n) is 21.3. The fraction of sp³-hybridized carbons (Fsp3) is 0.449. The predicted octanol–water partition coefficient (Wildman–Crippen LogP) is 7.70. The highest BCUT2D eigenvalue weighted by molar-refractivity contribution is 6.13. The number of nitrogens with two attached hydrogens (primary N) is 1. The van der Waals surface area contributed by atoms with Crippen molar-refractivity contribution >= 4 is 23.4 Å². The smallest absolute Gasteiger partial charge is 0.256 e. The summed E-state index contributed by atoms with van der Waals surface area (Å²) in [5, 5.41) is 8.67. The Morgan fingerprint density at radius 2 is 1.52 bits per heavy atom. The second-order valence-corrected chi connectivity index (χ2v) is 17.0. The monoisotopic (exact) mass is 832 g/mol. The number of hydrogen-bond acceptors (Lipinski definition) is 9. The van der Waals surface area contributed by atoms with Crippen molar-refractivity contribution in [2.24, 2.45) is 16.3 Å². The van der Waals surface area contributed by atoms with Crippen molar-refractivity contribution in [1.29, 1.82) is 0 Å². The average Bonchev–Trinajstić information content (AvgIpc) is 3.47. The molecule has 3 heterocycles. The Morgan fingerprint density at radius 1 is 0.918 bits per heavy atom. The molecule has 61 heavy (non-hydrogen) atoms. The number of pyridine rings is 1. The minimum atomic E-state index is -1.17. The van der Waals surface area contributed by atoms with Crippen molar-refractivity contribution in [2.75, 3.05) is 26.7 Å². The van der Waals surface area contributed by atoms with Crippen LogP contribution in [0.4, 0.5) is 0 Å². The van der Waals surface area contributed by atoms with Crippen LogP contribution in [-0.4, -0.2) is 82.8 Å². The minimum absolute atomic E-state index is 0.0213. The van der Waals surface area contributed by atoms with Crippen LogP contribution in [-0.2, 0) is 32.1 Å². The summed E-state index contributed by atoms with van der Waals surface area (Å²) < 4.78 is 18.2. The van der Waals surface area contributed by atoms with E-state index < -0.39 is 22.9 Å². The lowest BCUT2D eigenvalue weighted by Gasteiger charge is -2.40. The maximum atomic E-state index is 13.8. The molecule has 326 valence electrons. The van der Waals surface area contributed by atoms with Crippen molar-refractivity contribution in [3.63, 3.8) is 0 Å². The summed E-state index contributed by atoms with van der Waals surface area (Å²) in [6.45, 7) is 18.5. The first kappa shape index (κ1) is 46.5. The largest absolute Gasteiger partial charge is 0.490 e. The molecule has 0 saturated carbocycles. The average molecular weight is 833 g/mol. The Labute approximate surface area is 361 Å². The lowest BCUT2D eigenvalue weighted by atomic mass is 9.73. The molecular formula is C49H64N6O6. The van der Waals surface area contributed by atoms with E-state index in [1.54, 1.807) is 25.8 Å². The molecule has 4 aromatic rings. The highest BCUT2D eigenvalue weighted by atomic mass is 16.5. The Morgan fingerprint density at radius 3 is 2.11 bits per heavy atom. The van der Waals surface area contributed by atoms with Crippen LogP contribution in [0.5, 0.6) is 17.4 Å². The van der Waals surface area contributed by atoms with Gasteiger partial charge >= 0.3 is 0 Å². The molecule has 2 atom stereocenters. The lowest BCUT2D eigenvalue weighted by Crippen LogP contribution is -2.61. The maximum absolute atomic E-state index is 13.8. The van der Waals surface area contributed by atoms with E-state index in [-0.39, 0.29) is 31.1 Å². The van der Waals surface area contributed by atoms with Gasteiger partial charge in [-0.3, -0.25) is 14.4 Å². The van der Waals surface area contributed by atoms with Crippen LogP contribution in [0.3, 0.4) is 0 Å². The van der Waals surface area contributed by atoms with Gasteiger partial charge in [-0.25, -0.2) is 9.99 Å². The third-order valence-electron chi connectivity index (χ3n) is 11.2. The molecule has 1 saturated heterocycles. The zero-order chi connectivity index (χ0) is 44.5. The highest BCUT2D eigenvalue weighted by Crippen LogP contribution is 2.39. The molecule has 2 aliphatic heterocycles. The summed E-state index contributed by atoms with van der Waals surface area (Å²) in [5.41, 5.74) is 12.0. The molecule has 0 radical (unpaired) electrons. The Balaban J connectivity index is 0.000000254. The number of piperidine rings is 1. The number of nitrogens with zero attached hydrogens (tertiary/aromatic N) is 4. The molecule has 12 heteroatoms. The molecule has 3 amide bonds. The van der Waals surface area contributed by atoms with Gasteiger partial charge in [0.1, 0.15) is 23.0 Å². The summed E-state index contributed by atoms with van der Waals surface area (Å²) in [6.07, 6.45) is 3.12. The molecule has 12 nitrogen and oxygen atoms in total. The second-order valence-electron chi connectivity index (χ2n) is 17.0. The molecule has 2 aliphatic rings. The van der Waals surface area contributed by atoms with Crippen molar-refractivity contribution in [2.45, 2.75) is 112 Å². The first-order valence-corrected chi connectivity index (χ1v) is 21.3. The van der Waals surface area contributed by atoms with Gasteiger partial charge in [0, 0.05) is 38.3 Å². The third kappa shape index (κ3) is 11.6. The van der Waals surface area contributed by atoms with E-state index in [0.717, 1.165) is 63.6 Å². The van der Waals surface area contributed by atoms with E-state index in [9.17, 15) is 14.4 Å². The van der Waals surface area contributed by atoms with Crippen LogP contribution in [0.25, 0.3) is 0 Å². The number of fused-ring (bicyclic) bond motifs is 1. The van der Waals surface area contributed by atoms with Crippen LogP contribution >= 0.6 is 0 Å². The Bertz CT molecular complexity index is 2160. The number of hydrogen-bond donors (Lipinski definition) is 2. The summed E-state index contributed by atoms with van der Waals surface area (Å²) in [6, 6.07) is 24.7. The maximum Gasteiger partial charge on any atom is 0.256 e. The number of hydrazone groups is 1. The number of nitrogens with one attached hydrogen (secondary N) is 1. The molecular weight excluding hydrogens is 769 g/mol. The van der Waals surface area contributed by atoms with E-state index in [2.05, 4.69) is 62.2 Å². The zero-order valence-corrected chi connectivity index (χ0v) is 37.6. The Hall–Kier alpha value is -5.59. The van der Waals surface area contributed by atoms with Crippen molar-refractivity contribution < 1.29 is 28.6 Å². The van der Waals surface area contributed by atoms with E-state index in [1.807, 2.05) is 80.6 Å². The molecule has 3 aromatic carbocycles.